The number of para-hydroxylation sites is 1. The molecule has 1 aliphatic carbocycles. The van der Waals surface area contributed by atoms with E-state index in [4.69, 9.17) is 4.74 Å². The van der Waals surface area contributed by atoms with E-state index in [-0.39, 0.29) is 16.5 Å². The highest BCUT2D eigenvalue weighted by molar-refractivity contribution is 7.92. The fraction of sp³-hybridized carbons (Fsp3) is 0.208. The Balaban J connectivity index is 1.48. The number of anilines is 2. The van der Waals surface area contributed by atoms with Crippen molar-refractivity contribution >= 4 is 27.3 Å². The second-order valence-electron chi connectivity index (χ2n) is 7.80. The van der Waals surface area contributed by atoms with E-state index < -0.39 is 15.8 Å². The van der Waals surface area contributed by atoms with Crippen molar-refractivity contribution in [3.63, 3.8) is 0 Å². The van der Waals surface area contributed by atoms with Crippen LogP contribution in [-0.2, 0) is 10.0 Å². The van der Waals surface area contributed by atoms with E-state index in [1.54, 1.807) is 43.3 Å². The molecule has 0 radical (unpaired) electrons. The zero-order valence-corrected chi connectivity index (χ0v) is 18.3. The van der Waals surface area contributed by atoms with Crippen LogP contribution in [0, 0.1) is 18.7 Å². The summed E-state index contributed by atoms with van der Waals surface area (Å²) in [7, 11) is -4.06. The van der Waals surface area contributed by atoms with Crippen molar-refractivity contribution in [2.24, 2.45) is 5.92 Å². The Labute approximate surface area is 186 Å². The van der Waals surface area contributed by atoms with E-state index >= 15 is 0 Å². The number of carbonyl (C=O) groups is 1. The first-order valence-corrected chi connectivity index (χ1v) is 11.7. The van der Waals surface area contributed by atoms with Crippen LogP contribution in [0.4, 0.5) is 15.8 Å². The molecule has 0 aliphatic heterocycles. The summed E-state index contributed by atoms with van der Waals surface area (Å²) in [6.07, 6.45) is 2.40. The minimum Gasteiger partial charge on any atom is -0.493 e. The highest BCUT2D eigenvalue weighted by Gasteiger charge is 2.22. The van der Waals surface area contributed by atoms with Crippen molar-refractivity contribution in [1.29, 1.82) is 0 Å². The number of hydrogen-bond acceptors (Lipinski definition) is 4. The first-order valence-electron chi connectivity index (χ1n) is 10.2. The zero-order chi connectivity index (χ0) is 22.7. The zero-order valence-electron chi connectivity index (χ0n) is 17.5. The largest absolute Gasteiger partial charge is 0.493 e. The molecule has 8 heteroatoms. The third kappa shape index (κ3) is 5.26. The van der Waals surface area contributed by atoms with Gasteiger partial charge in [0.1, 0.15) is 11.6 Å². The molecule has 0 bridgehead atoms. The number of ether oxygens (including phenoxy) is 1. The molecule has 0 spiro atoms. The molecule has 166 valence electrons. The Hall–Kier alpha value is -3.39. The topological polar surface area (TPSA) is 84.5 Å². The van der Waals surface area contributed by atoms with Gasteiger partial charge in [0.15, 0.2) is 0 Å². The smallest absolute Gasteiger partial charge is 0.262 e. The number of halogens is 1. The van der Waals surface area contributed by atoms with Crippen LogP contribution >= 0.6 is 0 Å². The van der Waals surface area contributed by atoms with Crippen molar-refractivity contribution in [2.45, 2.75) is 24.7 Å². The highest BCUT2D eigenvalue weighted by atomic mass is 32.2. The quantitative estimate of drug-likeness (QED) is 0.503. The van der Waals surface area contributed by atoms with Crippen LogP contribution in [0.1, 0.15) is 28.8 Å². The summed E-state index contributed by atoms with van der Waals surface area (Å²) in [6, 6.07) is 16.8. The Morgan fingerprint density at radius 1 is 1.06 bits per heavy atom. The van der Waals surface area contributed by atoms with Crippen LogP contribution in [0.2, 0.25) is 0 Å². The van der Waals surface area contributed by atoms with Gasteiger partial charge in [0.2, 0.25) is 0 Å². The lowest BCUT2D eigenvalue weighted by molar-refractivity contribution is 0.102. The Kier molecular flexibility index (Phi) is 6.14. The van der Waals surface area contributed by atoms with Crippen molar-refractivity contribution < 1.29 is 22.3 Å². The normalized spacial score (nSPS) is 13.4. The van der Waals surface area contributed by atoms with E-state index in [9.17, 15) is 17.6 Å². The molecule has 32 heavy (non-hydrogen) atoms. The molecular weight excluding hydrogens is 431 g/mol. The van der Waals surface area contributed by atoms with Gasteiger partial charge in [-0.25, -0.2) is 12.8 Å². The Morgan fingerprint density at radius 2 is 1.78 bits per heavy atom. The first-order chi connectivity index (χ1) is 15.3. The van der Waals surface area contributed by atoms with Crippen molar-refractivity contribution in [1.82, 2.24) is 0 Å². The lowest BCUT2D eigenvalue weighted by Crippen LogP contribution is -2.17. The fourth-order valence-corrected chi connectivity index (χ4v) is 4.45. The number of benzene rings is 3. The average molecular weight is 455 g/mol. The number of sulfonamides is 1. The van der Waals surface area contributed by atoms with Crippen LogP contribution in [0.5, 0.6) is 5.75 Å². The second-order valence-corrected chi connectivity index (χ2v) is 9.45. The molecule has 1 aliphatic rings. The van der Waals surface area contributed by atoms with Crippen molar-refractivity contribution in [3.05, 3.63) is 83.7 Å². The maximum atomic E-state index is 13.9. The average Bonchev–Trinajstić information content (AvgIpc) is 3.60. The van der Waals surface area contributed by atoms with Gasteiger partial charge >= 0.3 is 0 Å². The predicted octanol–water partition coefficient (Wildman–Crippen LogP) is 4.98. The number of nitrogens with one attached hydrogen (secondary N) is 2. The summed E-state index contributed by atoms with van der Waals surface area (Å²) in [6.45, 7) is 2.31. The molecule has 0 unspecified atom stereocenters. The molecule has 3 aromatic rings. The van der Waals surface area contributed by atoms with Crippen LogP contribution in [-0.4, -0.2) is 20.9 Å². The van der Waals surface area contributed by atoms with Gasteiger partial charge in [-0.1, -0.05) is 18.2 Å². The van der Waals surface area contributed by atoms with Gasteiger partial charge in [-0.15, -0.1) is 0 Å². The molecule has 4 rings (SSSR count). The number of rotatable bonds is 8. The molecular formula is C24H23FN2O4S. The maximum absolute atomic E-state index is 13.9. The van der Waals surface area contributed by atoms with Crippen LogP contribution in [0.15, 0.2) is 71.6 Å². The number of amides is 1. The van der Waals surface area contributed by atoms with E-state index in [1.165, 1.54) is 43.2 Å². The molecule has 1 saturated carbocycles. The standard InChI is InChI=1S/C24H23FN2O4S/c1-16-6-11-19(14-23(16)32(29,30)27-22-5-3-2-4-21(22)25)26-24(28)18-9-12-20(13-10-18)31-15-17-7-8-17/h2-6,9-14,17,27H,7-8,15H2,1H3,(H,26,28). The minimum atomic E-state index is -4.06. The predicted molar refractivity (Wildman–Crippen MR) is 121 cm³/mol. The van der Waals surface area contributed by atoms with E-state index in [0.717, 1.165) is 0 Å². The van der Waals surface area contributed by atoms with Crippen LogP contribution < -0.4 is 14.8 Å². The number of aryl methyl sites for hydroxylation is 1. The summed E-state index contributed by atoms with van der Waals surface area (Å²) in [4.78, 5) is 12.6. The Bertz CT molecular complexity index is 1240. The molecule has 6 nitrogen and oxygen atoms in total. The number of carbonyl (C=O) groups excluding carboxylic acids is 1. The van der Waals surface area contributed by atoms with E-state index in [0.29, 0.717) is 35.1 Å². The molecule has 1 amide bonds. The summed E-state index contributed by atoms with van der Waals surface area (Å²) < 4.78 is 47.5. The lowest BCUT2D eigenvalue weighted by atomic mass is 10.2. The van der Waals surface area contributed by atoms with Gasteiger partial charge in [-0.05, 0) is 79.8 Å². The van der Waals surface area contributed by atoms with E-state index in [1.807, 2.05) is 0 Å². The minimum absolute atomic E-state index is 0.0534. The van der Waals surface area contributed by atoms with E-state index in [2.05, 4.69) is 10.0 Å². The maximum Gasteiger partial charge on any atom is 0.262 e. The fourth-order valence-electron chi connectivity index (χ4n) is 3.12. The van der Waals surface area contributed by atoms with Gasteiger partial charge < -0.3 is 10.1 Å². The van der Waals surface area contributed by atoms with Gasteiger partial charge in [0, 0.05) is 11.3 Å². The summed E-state index contributed by atoms with van der Waals surface area (Å²) >= 11 is 0. The van der Waals surface area contributed by atoms with Gasteiger partial charge in [0.05, 0.1) is 17.2 Å². The van der Waals surface area contributed by atoms with Gasteiger partial charge in [0.25, 0.3) is 15.9 Å². The second kappa shape index (κ2) is 9.00. The summed E-state index contributed by atoms with van der Waals surface area (Å²) in [5.74, 6) is 0.282. The third-order valence-corrected chi connectivity index (χ3v) is 6.66. The SMILES string of the molecule is Cc1ccc(NC(=O)c2ccc(OCC3CC3)cc2)cc1S(=O)(=O)Nc1ccccc1F. The third-order valence-electron chi connectivity index (χ3n) is 5.15. The van der Waals surface area contributed by atoms with Crippen LogP contribution in [0.3, 0.4) is 0 Å². The molecule has 1 fully saturated rings. The molecule has 2 N–H and O–H groups in total. The van der Waals surface area contributed by atoms with Crippen LogP contribution in [0.25, 0.3) is 0 Å². The summed E-state index contributed by atoms with van der Waals surface area (Å²) in [5.41, 5.74) is 1.04. The van der Waals surface area contributed by atoms with Gasteiger partial charge in [-0.2, -0.15) is 0 Å². The molecule has 0 atom stereocenters. The first kappa shape index (κ1) is 21.8. The highest BCUT2D eigenvalue weighted by Crippen LogP contribution is 2.29. The molecule has 0 aromatic heterocycles. The lowest BCUT2D eigenvalue weighted by Gasteiger charge is -2.13. The number of hydrogen-bond donors (Lipinski definition) is 2. The van der Waals surface area contributed by atoms with Crippen molar-refractivity contribution in [2.75, 3.05) is 16.6 Å². The molecule has 0 heterocycles. The molecule has 0 saturated heterocycles. The van der Waals surface area contributed by atoms with Crippen molar-refractivity contribution in [3.8, 4) is 5.75 Å². The monoisotopic (exact) mass is 454 g/mol. The summed E-state index contributed by atoms with van der Waals surface area (Å²) in [5, 5.41) is 2.71. The Morgan fingerprint density at radius 3 is 2.47 bits per heavy atom. The van der Waals surface area contributed by atoms with Gasteiger partial charge in [-0.3, -0.25) is 9.52 Å². The molecule has 3 aromatic carbocycles.